The Hall–Kier alpha value is -1.88. The number of nitrogens with one attached hydrogen (secondary N) is 1. The molecule has 0 saturated heterocycles. The van der Waals surface area contributed by atoms with Crippen molar-refractivity contribution in [3.63, 3.8) is 0 Å². The summed E-state index contributed by atoms with van der Waals surface area (Å²) in [5, 5.41) is 2.56. The molecule has 0 bridgehead atoms. The maximum absolute atomic E-state index is 13.4. The summed E-state index contributed by atoms with van der Waals surface area (Å²) in [6, 6.07) is 3.96. The topological polar surface area (TPSA) is 64.3 Å². The highest BCUT2D eigenvalue weighted by Crippen LogP contribution is 2.11. The zero-order valence-corrected chi connectivity index (χ0v) is 10.3. The lowest BCUT2D eigenvalue weighted by Crippen LogP contribution is -2.28. The molecule has 0 aliphatic carbocycles. The normalized spacial score (nSPS) is 10.1. The van der Waals surface area contributed by atoms with E-state index >= 15 is 0 Å². The van der Waals surface area contributed by atoms with Crippen molar-refractivity contribution in [1.82, 2.24) is 5.32 Å². The molecule has 1 amide bonds. The number of carbonyl (C=O) groups is 1. The molecule has 0 saturated carbocycles. The minimum atomic E-state index is -0.629. The second kappa shape index (κ2) is 6.76. The fourth-order valence-corrected chi connectivity index (χ4v) is 1.29. The van der Waals surface area contributed by atoms with Gasteiger partial charge in [0, 0.05) is 12.2 Å². The summed E-state index contributed by atoms with van der Waals surface area (Å²) in [6.45, 7) is 6.65. The SMILES string of the molecule is C=C(C)COCCNC(=O)c1ccc(N)cc1F. The van der Waals surface area contributed by atoms with Gasteiger partial charge in [0.1, 0.15) is 5.82 Å². The smallest absolute Gasteiger partial charge is 0.254 e. The Morgan fingerprint density at radius 3 is 2.89 bits per heavy atom. The summed E-state index contributed by atoms with van der Waals surface area (Å²) in [6.07, 6.45) is 0. The Bertz CT molecular complexity index is 447. The molecule has 1 aromatic rings. The maximum Gasteiger partial charge on any atom is 0.254 e. The van der Waals surface area contributed by atoms with Crippen molar-refractivity contribution in [1.29, 1.82) is 0 Å². The molecule has 5 heteroatoms. The van der Waals surface area contributed by atoms with Gasteiger partial charge in [-0.15, -0.1) is 0 Å². The largest absolute Gasteiger partial charge is 0.399 e. The second-order valence-electron chi connectivity index (χ2n) is 4.00. The van der Waals surface area contributed by atoms with Crippen molar-refractivity contribution in [3.05, 3.63) is 41.7 Å². The number of hydrogen-bond acceptors (Lipinski definition) is 3. The van der Waals surface area contributed by atoms with Gasteiger partial charge in [-0.1, -0.05) is 12.2 Å². The van der Waals surface area contributed by atoms with Crippen molar-refractivity contribution in [3.8, 4) is 0 Å². The van der Waals surface area contributed by atoms with Gasteiger partial charge in [0.25, 0.3) is 5.91 Å². The van der Waals surface area contributed by atoms with E-state index in [0.29, 0.717) is 19.8 Å². The minimum absolute atomic E-state index is 0.0240. The summed E-state index contributed by atoms with van der Waals surface area (Å²) in [5.74, 6) is -1.11. The molecule has 0 heterocycles. The third-order valence-corrected chi connectivity index (χ3v) is 2.12. The molecular formula is C13H17FN2O2. The number of nitrogen functional groups attached to an aromatic ring is 1. The van der Waals surface area contributed by atoms with Crippen molar-refractivity contribution in [2.75, 3.05) is 25.5 Å². The van der Waals surface area contributed by atoms with Crippen LogP contribution in [0.5, 0.6) is 0 Å². The molecule has 0 spiro atoms. The highest BCUT2D eigenvalue weighted by Gasteiger charge is 2.10. The Morgan fingerprint density at radius 1 is 1.56 bits per heavy atom. The van der Waals surface area contributed by atoms with Crippen LogP contribution in [0, 0.1) is 5.82 Å². The molecule has 0 aromatic heterocycles. The van der Waals surface area contributed by atoms with E-state index in [4.69, 9.17) is 10.5 Å². The zero-order chi connectivity index (χ0) is 13.5. The standard InChI is InChI=1S/C13H17FN2O2/c1-9(2)8-18-6-5-16-13(17)11-4-3-10(15)7-12(11)14/h3-4,7H,1,5-6,8,15H2,2H3,(H,16,17). The van der Waals surface area contributed by atoms with Crippen molar-refractivity contribution in [2.24, 2.45) is 0 Å². The first kappa shape index (κ1) is 14.2. The predicted molar refractivity (Wildman–Crippen MR) is 68.8 cm³/mol. The van der Waals surface area contributed by atoms with Gasteiger partial charge in [-0.3, -0.25) is 4.79 Å². The number of halogens is 1. The first-order valence-electron chi connectivity index (χ1n) is 5.56. The Kier molecular flexibility index (Phi) is 5.32. The van der Waals surface area contributed by atoms with Crippen LogP contribution in [0.25, 0.3) is 0 Å². The molecule has 98 valence electrons. The molecule has 4 nitrogen and oxygen atoms in total. The number of nitrogens with two attached hydrogens (primary N) is 1. The molecule has 0 aliphatic rings. The fourth-order valence-electron chi connectivity index (χ4n) is 1.29. The zero-order valence-electron chi connectivity index (χ0n) is 10.3. The molecular weight excluding hydrogens is 235 g/mol. The molecule has 0 fully saturated rings. The van der Waals surface area contributed by atoms with Crippen LogP contribution in [-0.4, -0.2) is 25.7 Å². The van der Waals surface area contributed by atoms with E-state index in [1.165, 1.54) is 12.1 Å². The van der Waals surface area contributed by atoms with Crippen LogP contribution in [0.3, 0.4) is 0 Å². The van der Waals surface area contributed by atoms with Gasteiger partial charge in [-0.05, 0) is 25.1 Å². The lowest BCUT2D eigenvalue weighted by Gasteiger charge is -2.07. The molecule has 0 unspecified atom stereocenters. The summed E-state index contributed by atoms with van der Waals surface area (Å²) < 4.78 is 18.6. The monoisotopic (exact) mass is 252 g/mol. The summed E-state index contributed by atoms with van der Waals surface area (Å²) in [7, 11) is 0. The van der Waals surface area contributed by atoms with Crippen LogP contribution in [0.4, 0.5) is 10.1 Å². The van der Waals surface area contributed by atoms with E-state index in [2.05, 4.69) is 11.9 Å². The molecule has 0 radical (unpaired) electrons. The van der Waals surface area contributed by atoms with Crippen LogP contribution in [-0.2, 0) is 4.74 Å². The lowest BCUT2D eigenvalue weighted by molar-refractivity contribution is 0.0923. The van der Waals surface area contributed by atoms with Gasteiger partial charge in [-0.25, -0.2) is 4.39 Å². The van der Waals surface area contributed by atoms with Crippen LogP contribution >= 0.6 is 0 Å². The molecule has 0 atom stereocenters. The molecule has 0 aliphatic heterocycles. The van der Waals surface area contributed by atoms with E-state index in [0.717, 1.165) is 11.6 Å². The third-order valence-electron chi connectivity index (χ3n) is 2.12. The highest BCUT2D eigenvalue weighted by atomic mass is 19.1. The van der Waals surface area contributed by atoms with Crippen molar-refractivity contribution >= 4 is 11.6 Å². The van der Waals surface area contributed by atoms with Gasteiger partial charge >= 0.3 is 0 Å². The summed E-state index contributed by atoms with van der Waals surface area (Å²) in [4.78, 5) is 11.6. The minimum Gasteiger partial charge on any atom is -0.399 e. The van der Waals surface area contributed by atoms with E-state index in [9.17, 15) is 9.18 Å². The molecule has 18 heavy (non-hydrogen) atoms. The first-order valence-corrected chi connectivity index (χ1v) is 5.56. The summed E-state index contributed by atoms with van der Waals surface area (Å²) in [5.41, 5.74) is 6.57. The third kappa shape index (κ3) is 4.55. The van der Waals surface area contributed by atoms with Crippen molar-refractivity contribution < 1.29 is 13.9 Å². The second-order valence-corrected chi connectivity index (χ2v) is 4.00. The van der Waals surface area contributed by atoms with Gasteiger partial charge in [0.05, 0.1) is 18.8 Å². The van der Waals surface area contributed by atoms with Gasteiger partial charge in [-0.2, -0.15) is 0 Å². The Balaban J connectivity index is 2.39. The van der Waals surface area contributed by atoms with Crippen LogP contribution in [0.15, 0.2) is 30.4 Å². The average Bonchev–Trinajstić information content (AvgIpc) is 2.27. The molecule has 3 N–H and O–H groups in total. The fraction of sp³-hybridized carbons (Fsp3) is 0.308. The van der Waals surface area contributed by atoms with E-state index in [1.807, 2.05) is 6.92 Å². The van der Waals surface area contributed by atoms with Crippen LogP contribution < -0.4 is 11.1 Å². The number of ether oxygens (including phenoxy) is 1. The van der Waals surface area contributed by atoms with Gasteiger partial charge in [0.2, 0.25) is 0 Å². The maximum atomic E-state index is 13.4. The summed E-state index contributed by atoms with van der Waals surface area (Å²) >= 11 is 0. The lowest BCUT2D eigenvalue weighted by atomic mass is 10.2. The Morgan fingerprint density at radius 2 is 2.28 bits per heavy atom. The van der Waals surface area contributed by atoms with Crippen molar-refractivity contribution in [2.45, 2.75) is 6.92 Å². The number of hydrogen-bond donors (Lipinski definition) is 2. The predicted octanol–water partition coefficient (Wildman–Crippen LogP) is 1.73. The van der Waals surface area contributed by atoms with E-state index < -0.39 is 11.7 Å². The first-order chi connectivity index (χ1) is 8.50. The number of amides is 1. The number of rotatable bonds is 6. The number of carbonyl (C=O) groups excluding carboxylic acids is 1. The average molecular weight is 252 g/mol. The highest BCUT2D eigenvalue weighted by molar-refractivity contribution is 5.94. The molecule has 1 rings (SSSR count). The van der Waals surface area contributed by atoms with Crippen LogP contribution in [0.2, 0.25) is 0 Å². The number of benzene rings is 1. The quantitative estimate of drug-likeness (QED) is 0.460. The van der Waals surface area contributed by atoms with Crippen LogP contribution in [0.1, 0.15) is 17.3 Å². The number of anilines is 1. The van der Waals surface area contributed by atoms with Gasteiger partial charge in [0.15, 0.2) is 0 Å². The van der Waals surface area contributed by atoms with E-state index in [1.54, 1.807) is 0 Å². The Labute approximate surface area is 106 Å². The van der Waals surface area contributed by atoms with E-state index in [-0.39, 0.29) is 11.3 Å². The van der Waals surface area contributed by atoms with Gasteiger partial charge < -0.3 is 15.8 Å². The molecule has 1 aromatic carbocycles.